The Morgan fingerprint density at radius 2 is 1.88 bits per heavy atom. The van der Waals surface area contributed by atoms with Gasteiger partial charge in [0.1, 0.15) is 11.8 Å². The van der Waals surface area contributed by atoms with Crippen LogP contribution in [-0.4, -0.2) is 41.6 Å². The molecule has 0 aliphatic rings. The number of nitrogens with one attached hydrogen (secondary N) is 1. The van der Waals surface area contributed by atoms with Crippen LogP contribution in [0.4, 0.5) is 13.2 Å². The van der Waals surface area contributed by atoms with Crippen molar-refractivity contribution in [1.82, 2.24) is 5.32 Å². The number of carboxylic acids is 1. The molecule has 0 bridgehead atoms. The summed E-state index contributed by atoms with van der Waals surface area (Å²) < 4.78 is 43.4. The van der Waals surface area contributed by atoms with E-state index in [1.165, 1.54) is 6.07 Å². The quantitative estimate of drug-likeness (QED) is 0.648. The number of rotatable bonds is 9. The molecule has 0 fully saturated rings. The van der Waals surface area contributed by atoms with Crippen LogP contribution in [0, 0.1) is 6.92 Å². The first-order valence-corrected chi connectivity index (χ1v) is 7.89. The fourth-order valence-electron chi connectivity index (χ4n) is 2.20. The highest BCUT2D eigenvalue weighted by Gasteiger charge is 2.41. The zero-order valence-electron chi connectivity index (χ0n) is 14.4. The van der Waals surface area contributed by atoms with Crippen LogP contribution in [0.2, 0.25) is 0 Å². The second-order valence-electron chi connectivity index (χ2n) is 5.60. The van der Waals surface area contributed by atoms with Gasteiger partial charge < -0.3 is 15.2 Å². The lowest BCUT2D eigenvalue weighted by Crippen LogP contribution is -2.46. The largest absolute Gasteiger partial charge is 0.494 e. The Bertz CT molecular complexity index is 673. The van der Waals surface area contributed by atoms with Gasteiger partial charge in [-0.3, -0.25) is 14.4 Å². The molecule has 9 heteroatoms. The number of halogens is 3. The highest BCUT2D eigenvalue weighted by molar-refractivity contribution is 5.98. The van der Waals surface area contributed by atoms with E-state index in [0.717, 1.165) is 5.56 Å². The maximum atomic E-state index is 12.7. The van der Waals surface area contributed by atoms with Crippen molar-refractivity contribution in [3.05, 3.63) is 29.3 Å². The van der Waals surface area contributed by atoms with Gasteiger partial charge in [0.15, 0.2) is 5.78 Å². The zero-order chi connectivity index (χ0) is 19.9. The third kappa shape index (κ3) is 6.73. The van der Waals surface area contributed by atoms with Crippen molar-refractivity contribution < 1.29 is 37.4 Å². The summed E-state index contributed by atoms with van der Waals surface area (Å²) in [6.07, 6.45) is -6.93. The fraction of sp³-hybridized carbons (Fsp3) is 0.471. The Morgan fingerprint density at radius 3 is 2.38 bits per heavy atom. The highest BCUT2D eigenvalue weighted by atomic mass is 19.4. The number of alkyl halides is 3. The van der Waals surface area contributed by atoms with E-state index in [1.54, 1.807) is 24.4 Å². The molecule has 0 radical (unpaired) electrons. The van der Waals surface area contributed by atoms with Crippen molar-refractivity contribution >= 4 is 17.7 Å². The van der Waals surface area contributed by atoms with Crippen molar-refractivity contribution in [2.75, 3.05) is 6.61 Å². The first kappa shape index (κ1) is 21.5. The predicted octanol–water partition coefficient (Wildman–Crippen LogP) is 2.88. The molecule has 0 unspecified atom stereocenters. The van der Waals surface area contributed by atoms with Crippen LogP contribution in [-0.2, 0) is 9.59 Å². The van der Waals surface area contributed by atoms with Crippen molar-refractivity contribution in [2.45, 2.75) is 45.3 Å². The minimum absolute atomic E-state index is 0.295. The molecule has 0 aliphatic carbocycles. The number of hydrogen-bond donors (Lipinski definition) is 2. The smallest absolute Gasteiger partial charge is 0.409 e. The van der Waals surface area contributed by atoms with Crippen LogP contribution in [0.1, 0.15) is 42.1 Å². The van der Waals surface area contributed by atoms with Gasteiger partial charge >= 0.3 is 12.1 Å². The van der Waals surface area contributed by atoms with E-state index in [4.69, 9.17) is 9.84 Å². The normalized spacial score (nSPS) is 12.3. The second-order valence-corrected chi connectivity index (χ2v) is 5.60. The maximum absolute atomic E-state index is 12.7. The van der Waals surface area contributed by atoms with E-state index >= 15 is 0 Å². The zero-order valence-corrected chi connectivity index (χ0v) is 14.4. The number of carboxylic acid groups (broad SMARTS) is 1. The van der Waals surface area contributed by atoms with Gasteiger partial charge in [-0.1, -0.05) is 0 Å². The SMILES string of the molecule is CCOc1ccc(C(=O)CCC(=O)N[C@@H](CC(=O)O)C(F)(F)F)cc1C. The fourth-order valence-corrected chi connectivity index (χ4v) is 2.20. The number of ether oxygens (including phenoxy) is 1. The minimum atomic E-state index is -4.88. The highest BCUT2D eigenvalue weighted by Crippen LogP contribution is 2.23. The van der Waals surface area contributed by atoms with E-state index in [-0.39, 0.29) is 6.42 Å². The Balaban J connectivity index is 2.64. The van der Waals surface area contributed by atoms with Crippen LogP contribution in [0.3, 0.4) is 0 Å². The number of Topliss-reactive ketones (excluding diaryl/α,β-unsaturated/α-hetero) is 1. The summed E-state index contributed by atoms with van der Waals surface area (Å²) in [7, 11) is 0. The number of carbonyl (C=O) groups excluding carboxylic acids is 2. The first-order valence-electron chi connectivity index (χ1n) is 7.89. The molecule has 0 saturated heterocycles. The summed E-state index contributed by atoms with van der Waals surface area (Å²) >= 11 is 0. The summed E-state index contributed by atoms with van der Waals surface area (Å²) in [5.41, 5.74) is 1.04. The number of aliphatic carboxylic acids is 1. The molecular weight excluding hydrogens is 355 g/mol. The van der Waals surface area contributed by atoms with Crippen molar-refractivity contribution in [3.8, 4) is 5.75 Å². The number of amides is 1. The van der Waals surface area contributed by atoms with E-state index in [1.807, 2.05) is 6.92 Å². The van der Waals surface area contributed by atoms with Crippen LogP contribution >= 0.6 is 0 Å². The van der Waals surface area contributed by atoms with Crippen LogP contribution in [0.5, 0.6) is 5.75 Å². The maximum Gasteiger partial charge on any atom is 0.409 e. The first-order chi connectivity index (χ1) is 12.0. The van der Waals surface area contributed by atoms with Gasteiger partial charge in [-0.2, -0.15) is 13.2 Å². The van der Waals surface area contributed by atoms with Crippen LogP contribution < -0.4 is 10.1 Å². The summed E-state index contributed by atoms with van der Waals surface area (Å²) in [6, 6.07) is 2.21. The summed E-state index contributed by atoms with van der Waals surface area (Å²) in [4.78, 5) is 34.2. The van der Waals surface area contributed by atoms with Crippen LogP contribution in [0.15, 0.2) is 18.2 Å². The molecule has 1 amide bonds. The lowest BCUT2D eigenvalue weighted by Gasteiger charge is -2.19. The molecule has 1 rings (SSSR count). The molecule has 6 nitrogen and oxygen atoms in total. The van der Waals surface area contributed by atoms with Crippen molar-refractivity contribution in [2.24, 2.45) is 0 Å². The van der Waals surface area contributed by atoms with E-state index < -0.39 is 42.7 Å². The Kier molecular flexibility index (Phi) is 7.60. The molecule has 0 aromatic heterocycles. The Labute approximate surface area is 148 Å². The molecule has 1 aromatic carbocycles. The number of hydrogen-bond acceptors (Lipinski definition) is 4. The van der Waals surface area contributed by atoms with Gasteiger partial charge in [0.25, 0.3) is 0 Å². The van der Waals surface area contributed by atoms with Gasteiger partial charge in [-0.05, 0) is 37.6 Å². The summed E-state index contributed by atoms with van der Waals surface area (Å²) in [5.74, 6) is -2.52. The van der Waals surface area contributed by atoms with Gasteiger partial charge in [0.2, 0.25) is 5.91 Å². The molecule has 1 atom stereocenters. The van der Waals surface area contributed by atoms with Crippen molar-refractivity contribution in [1.29, 1.82) is 0 Å². The number of carbonyl (C=O) groups is 3. The molecule has 0 heterocycles. The van der Waals surface area contributed by atoms with E-state index in [0.29, 0.717) is 17.9 Å². The standard InChI is InChI=1S/C17H20F3NO5/c1-3-26-13-6-4-11(8-10(13)2)12(22)5-7-15(23)21-14(9-16(24)25)17(18,19)20/h4,6,8,14H,3,5,7,9H2,1-2H3,(H,21,23)(H,24,25)/t14-/m0/s1. The minimum Gasteiger partial charge on any atom is -0.494 e. The van der Waals surface area contributed by atoms with E-state index in [2.05, 4.69) is 0 Å². The second kappa shape index (κ2) is 9.21. The van der Waals surface area contributed by atoms with Crippen molar-refractivity contribution in [3.63, 3.8) is 0 Å². The Morgan fingerprint density at radius 1 is 1.23 bits per heavy atom. The topological polar surface area (TPSA) is 92.7 Å². The Hall–Kier alpha value is -2.58. The van der Waals surface area contributed by atoms with Gasteiger partial charge in [0, 0.05) is 18.4 Å². The molecular formula is C17H20F3NO5. The number of aryl methyl sites for hydroxylation is 1. The predicted molar refractivity (Wildman–Crippen MR) is 86.2 cm³/mol. The monoisotopic (exact) mass is 375 g/mol. The molecule has 144 valence electrons. The molecule has 0 aliphatic heterocycles. The van der Waals surface area contributed by atoms with Gasteiger partial charge in [-0.15, -0.1) is 0 Å². The summed E-state index contributed by atoms with van der Waals surface area (Å²) in [6.45, 7) is 4.02. The average Bonchev–Trinajstić information content (AvgIpc) is 2.52. The molecule has 0 saturated carbocycles. The molecule has 2 N–H and O–H groups in total. The van der Waals surface area contributed by atoms with Crippen LogP contribution in [0.25, 0.3) is 0 Å². The lowest BCUT2D eigenvalue weighted by atomic mass is 10.0. The lowest BCUT2D eigenvalue weighted by molar-refractivity contribution is -0.170. The average molecular weight is 375 g/mol. The van der Waals surface area contributed by atoms with E-state index in [9.17, 15) is 27.6 Å². The molecule has 0 spiro atoms. The van der Waals surface area contributed by atoms with Gasteiger partial charge in [-0.25, -0.2) is 0 Å². The third-order valence-electron chi connectivity index (χ3n) is 3.48. The van der Waals surface area contributed by atoms with Gasteiger partial charge in [0.05, 0.1) is 13.0 Å². The molecule has 26 heavy (non-hydrogen) atoms. The number of benzene rings is 1. The summed E-state index contributed by atoms with van der Waals surface area (Å²) in [5, 5.41) is 10.1. The molecule has 1 aromatic rings. The third-order valence-corrected chi connectivity index (χ3v) is 3.48. The number of ketones is 1.